The number of rotatable bonds is 1. The molecule has 1 aliphatic rings. The first-order valence-corrected chi connectivity index (χ1v) is 5.33. The second-order valence-corrected chi connectivity index (χ2v) is 4.55. The fourth-order valence-corrected chi connectivity index (χ4v) is 1.85. The van der Waals surface area contributed by atoms with E-state index < -0.39 is 5.60 Å². The highest BCUT2D eigenvalue weighted by molar-refractivity contribution is 6.34. The highest BCUT2D eigenvalue weighted by Crippen LogP contribution is 2.47. The van der Waals surface area contributed by atoms with Crippen molar-refractivity contribution < 1.29 is 19.7 Å². The van der Waals surface area contributed by atoms with Crippen molar-refractivity contribution in [2.75, 3.05) is 13.2 Å². The average Bonchev–Trinajstić information content (AvgIpc) is 2.22. The molecule has 0 radical (unpaired) electrons. The fourth-order valence-electron chi connectivity index (χ4n) is 1.60. The Morgan fingerprint density at radius 3 is 2.56 bits per heavy atom. The average molecular weight is 245 g/mol. The molecule has 5 heteroatoms. The van der Waals surface area contributed by atoms with Crippen molar-refractivity contribution in [3.63, 3.8) is 0 Å². The molecule has 2 N–H and O–H groups in total. The predicted octanol–water partition coefficient (Wildman–Crippen LogP) is 2.04. The Bertz CT molecular complexity index is 423. The number of phenolic OH excluding ortho intramolecular Hbond substituents is 1. The quantitative estimate of drug-likeness (QED) is 0.794. The van der Waals surface area contributed by atoms with Crippen LogP contribution >= 0.6 is 11.6 Å². The molecule has 88 valence electrons. The van der Waals surface area contributed by atoms with Crippen LogP contribution in [0.2, 0.25) is 5.02 Å². The second kappa shape index (κ2) is 3.71. The first-order chi connectivity index (χ1) is 7.41. The number of aromatic hydroxyl groups is 1. The second-order valence-electron chi connectivity index (χ2n) is 4.17. The van der Waals surface area contributed by atoms with Crippen LogP contribution in [-0.2, 0) is 5.60 Å². The van der Waals surface area contributed by atoms with Crippen LogP contribution in [-0.4, -0.2) is 23.4 Å². The SMILES string of the molecule is CC(C)(O)c1cc2c(c(Cl)c1O)OCCO2. The minimum atomic E-state index is -1.19. The minimum Gasteiger partial charge on any atom is -0.506 e. The molecule has 0 bridgehead atoms. The monoisotopic (exact) mass is 244 g/mol. The third-order valence-electron chi connectivity index (χ3n) is 2.41. The molecular formula is C11H13ClO4. The molecule has 16 heavy (non-hydrogen) atoms. The van der Waals surface area contributed by atoms with Crippen LogP contribution in [0.25, 0.3) is 0 Å². The Morgan fingerprint density at radius 1 is 1.31 bits per heavy atom. The molecule has 0 unspecified atom stereocenters. The van der Waals surface area contributed by atoms with E-state index in [1.165, 1.54) is 0 Å². The predicted molar refractivity (Wildman–Crippen MR) is 59.4 cm³/mol. The molecule has 0 saturated carbocycles. The number of hydrogen-bond acceptors (Lipinski definition) is 4. The van der Waals surface area contributed by atoms with E-state index in [4.69, 9.17) is 21.1 Å². The van der Waals surface area contributed by atoms with E-state index >= 15 is 0 Å². The van der Waals surface area contributed by atoms with Gasteiger partial charge in [0.1, 0.15) is 24.0 Å². The van der Waals surface area contributed by atoms with Gasteiger partial charge in [0.05, 0.1) is 5.60 Å². The van der Waals surface area contributed by atoms with E-state index in [9.17, 15) is 10.2 Å². The molecule has 1 aromatic carbocycles. The van der Waals surface area contributed by atoms with Crippen molar-refractivity contribution in [3.05, 3.63) is 16.7 Å². The highest BCUT2D eigenvalue weighted by Gasteiger charge is 2.28. The maximum absolute atomic E-state index is 9.88. The van der Waals surface area contributed by atoms with Crippen LogP contribution in [0.4, 0.5) is 0 Å². The van der Waals surface area contributed by atoms with Crippen LogP contribution in [0.15, 0.2) is 6.07 Å². The Kier molecular flexibility index (Phi) is 2.64. The summed E-state index contributed by atoms with van der Waals surface area (Å²) in [4.78, 5) is 0. The Balaban J connectivity index is 2.62. The Labute approximate surface area is 98.4 Å². The zero-order chi connectivity index (χ0) is 11.9. The van der Waals surface area contributed by atoms with Gasteiger partial charge in [-0.25, -0.2) is 0 Å². The smallest absolute Gasteiger partial charge is 0.183 e. The number of phenols is 1. The lowest BCUT2D eigenvalue weighted by Gasteiger charge is -2.25. The summed E-state index contributed by atoms with van der Waals surface area (Å²) in [5.41, 5.74) is -0.870. The molecule has 0 fully saturated rings. The van der Waals surface area contributed by atoms with Crippen molar-refractivity contribution in [1.29, 1.82) is 0 Å². The van der Waals surface area contributed by atoms with Gasteiger partial charge in [-0.3, -0.25) is 0 Å². The summed E-state index contributed by atoms with van der Waals surface area (Å²) in [5, 5.41) is 19.8. The summed E-state index contributed by atoms with van der Waals surface area (Å²) in [6.45, 7) is 3.95. The van der Waals surface area contributed by atoms with Gasteiger partial charge in [-0.2, -0.15) is 0 Å². The van der Waals surface area contributed by atoms with E-state index in [1.54, 1.807) is 19.9 Å². The summed E-state index contributed by atoms with van der Waals surface area (Å²) < 4.78 is 10.7. The third kappa shape index (κ3) is 1.79. The van der Waals surface area contributed by atoms with Crippen LogP contribution in [0.5, 0.6) is 17.2 Å². The van der Waals surface area contributed by atoms with Gasteiger partial charge in [0.25, 0.3) is 0 Å². The molecule has 0 amide bonds. The normalized spacial score (nSPS) is 15.0. The fraction of sp³-hybridized carbons (Fsp3) is 0.455. The van der Waals surface area contributed by atoms with Gasteiger partial charge in [0.15, 0.2) is 11.5 Å². The van der Waals surface area contributed by atoms with Gasteiger partial charge in [-0.15, -0.1) is 0 Å². The first-order valence-electron chi connectivity index (χ1n) is 4.95. The van der Waals surface area contributed by atoms with E-state index in [0.717, 1.165) is 0 Å². The molecular weight excluding hydrogens is 232 g/mol. The molecule has 0 aliphatic carbocycles. The van der Waals surface area contributed by atoms with Gasteiger partial charge in [-0.1, -0.05) is 11.6 Å². The molecule has 0 aromatic heterocycles. The van der Waals surface area contributed by atoms with E-state index in [0.29, 0.717) is 30.3 Å². The van der Waals surface area contributed by atoms with Crippen LogP contribution in [0.3, 0.4) is 0 Å². The zero-order valence-corrected chi connectivity index (χ0v) is 9.84. The first kappa shape index (κ1) is 11.4. The lowest BCUT2D eigenvalue weighted by atomic mass is 9.96. The summed E-state index contributed by atoms with van der Waals surface area (Å²) in [6.07, 6.45) is 0. The van der Waals surface area contributed by atoms with Crippen molar-refractivity contribution in [3.8, 4) is 17.2 Å². The van der Waals surface area contributed by atoms with Crippen LogP contribution in [0.1, 0.15) is 19.4 Å². The standard InChI is InChI=1S/C11H13ClO4/c1-11(2,14)6-5-7-10(8(12)9(6)13)16-4-3-15-7/h5,13-14H,3-4H2,1-2H3. The zero-order valence-electron chi connectivity index (χ0n) is 9.08. The number of hydrogen-bond donors (Lipinski definition) is 2. The number of aliphatic hydroxyl groups is 1. The minimum absolute atomic E-state index is 0.0781. The molecule has 1 heterocycles. The van der Waals surface area contributed by atoms with Gasteiger partial charge in [0.2, 0.25) is 0 Å². The summed E-state index contributed by atoms with van der Waals surface area (Å²) in [6, 6.07) is 1.55. The van der Waals surface area contributed by atoms with E-state index in [-0.39, 0.29) is 10.8 Å². The Hall–Kier alpha value is -1.13. The van der Waals surface area contributed by atoms with Gasteiger partial charge < -0.3 is 19.7 Å². The van der Waals surface area contributed by atoms with Gasteiger partial charge in [0, 0.05) is 5.56 Å². The van der Waals surface area contributed by atoms with Crippen LogP contribution < -0.4 is 9.47 Å². The molecule has 0 atom stereocenters. The number of fused-ring (bicyclic) bond motifs is 1. The number of ether oxygens (including phenoxy) is 2. The molecule has 4 nitrogen and oxygen atoms in total. The number of benzene rings is 1. The lowest BCUT2D eigenvalue weighted by molar-refractivity contribution is 0.0747. The maximum Gasteiger partial charge on any atom is 0.183 e. The largest absolute Gasteiger partial charge is 0.506 e. The summed E-state index contributed by atoms with van der Waals surface area (Å²) in [5.74, 6) is 0.614. The molecule has 0 saturated heterocycles. The van der Waals surface area contributed by atoms with E-state index in [2.05, 4.69) is 0 Å². The summed E-state index contributed by atoms with van der Waals surface area (Å²) in [7, 11) is 0. The van der Waals surface area contributed by atoms with Crippen LogP contribution in [0, 0.1) is 0 Å². The van der Waals surface area contributed by atoms with Crippen molar-refractivity contribution in [1.82, 2.24) is 0 Å². The van der Waals surface area contributed by atoms with E-state index in [1.807, 2.05) is 0 Å². The lowest BCUT2D eigenvalue weighted by Crippen LogP contribution is -2.19. The van der Waals surface area contributed by atoms with Crippen molar-refractivity contribution in [2.24, 2.45) is 0 Å². The molecule has 2 rings (SSSR count). The highest BCUT2D eigenvalue weighted by atomic mass is 35.5. The molecule has 1 aromatic rings. The van der Waals surface area contributed by atoms with Crippen molar-refractivity contribution in [2.45, 2.75) is 19.4 Å². The number of halogens is 1. The Morgan fingerprint density at radius 2 is 1.94 bits per heavy atom. The topological polar surface area (TPSA) is 58.9 Å². The summed E-state index contributed by atoms with van der Waals surface area (Å²) >= 11 is 5.96. The maximum atomic E-state index is 9.88. The molecule has 0 spiro atoms. The van der Waals surface area contributed by atoms with Gasteiger partial charge >= 0.3 is 0 Å². The van der Waals surface area contributed by atoms with Gasteiger partial charge in [-0.05, 0) is 19.9 Å². The molecule has 1 aliphatic heterocycles. The third-order valence-corrected chi connectivity index (χ3v) is 2.76. The van der Waals surface area contributed by atoms with Crippen molar-refractivity contribution >= 4 is 11.6 Å².